The van der Waals surface area contributed by atoms with Gasteiger partial charge in [-0.15, -0.1) is 10.1 Å². The summed E-state index contributed by atoms with van der Waals surface area (Å²) in [4.78, 5) is 41.5. The van der Waals surface area contributed by atoms with Crippen LogP contribution in [0.3, 0.4) is 0 Å². The Labute approximate surface area is 177 Å². The van der Waals surface area contributed by atoms with Gasteiger partial charge in [0.05, 0.1) is 24.4 Å². The van der Waals surface area contributed by atoms with Gasteiger partial charge < -0.3 is 24.4 Å². The molecule has 0 aliphatic carbocycles. The predicted molar refractivity (Wildman–Crippen MR) is 111 cm³/mol. The highest BCUT2D eigenvalue weighted by atomic mass is 19.1. The summed E-state index contributed by atoms with van der Waals surface area (Å²) in [5, 5.41) is 12.5. The Bertz CT molecular complexity index is 1020. The third-order valence-electron chi connectivity index (χ3n) is 5.14. The summed E-state index contributed by atoms with van der Waals surface area (Å²) in [5.41, 5.74) is 0.219. The molecule has 31 heavy (non-hydrogen) atoms. The molecule has 0 saturated carbocycles. The lowest BCUT2D eigenvalue weighted by Crippen LogP contribution is -2.43. The van der Waals surface area contributed by atoms with Crippen LogP contribution in [0.5, 0.6) is 0 Å². The van der Waals surface area contributed by atoms with Gasteiger partial charge >= 0.3 is 5.97 Å². The Hall–Kier alpha value is -3.21. The largest absolute Gasteiger partial charge is 0.462 e. The predicted octanol–water partition coefficient (Wildman–Crippen LogP) is 1.72. The number of pyridine rings is 1. The van der Waals surface area contributed by atoms with Crippen LogP contribution < -0.4 is 15.6 Å². The first-order valence-electron chi connectivity index (χ1n) is 10.2. The number of hydrogen-bond donors (Lipinski definition) is 1. The molecule has 1 aliphatic heterocycles. The third-order valence-corrected chi connectivity index (χ3v) is 5.14. The lowest BCUT2D eigenvalue weighted by atomic mass is 10.1. The fraction of sp³-hybridized carbons (Fsp3) is 0.500. The van der Waals surface area contributed by atoms with Crippen LogP contribution in [-0.4, -0.2) is 55.0 Å². The van der Waals surface area contributed by atoms with Crippen LogP contribution in [0.15, 0.2) is 23.1 Å². The zero-order valence-electron chi connectivity index (χ0n) is 17.3. The van der Waals surface area contributed by atoms with Gasteiger partial charge in [-0.05, 0) is 31.9 Å². The molecule has 0 radical (unpaired) electrons. The smallest absolute Gasteiger partial charge is 0.343 e. The van der Waals surface area contributed by atoms with Crippen molar-refractivity contribution in [2.75, 3.05) is 44.3 Å². The van der Waals surface area contributed by atoms with Crippen LogP contribution in [0, 0.1) is 15.9 Å². The maximum atomic E-state index is 14.8. The van der Waals surface area contributed by atoms with Gasteiger partial charge in [0.15, 0.2) is 0 Å². The highest BCUT2D eigenvalue weighted by Gasteiger charge is 2.21. The summed E-state index contributed by atoms with van der Waals surface area (Å²) in [6, 6.07) is 2.85. The molecule has 1 N–H and O–H groups in total. The highest BCUT2D eigenvalue weighted by Crippen LogP contribution is 2.25. The molecule has 0 spiro atoms. The van der Waals surface area contributed by atoms with E-state index in [0.717, 1.165) is 13.1 Å². The summed E-state index contributed by atoms with van der Waals surface area (Å²) in [6.07, 6.45) is 2.10. The second-order valence-corrected chi connectivity index (χ2v) is 7.12. The second kappa shape index (κ2) is 10.2. The Morgan fingerprint density at radius 2 is 1.97 bits per heavy atom. The van der Waals surface area contributed by atoms with E-state index < -0.39 is 22.3 Å². The molecule has 0 amide bonds. The van der Waals surface area contributed by atoms with E-state index in [1.54, 1.807) is 10.6 Å². The number of hydrogen-bond acceptors (Lipinski definition) is 8. The molecular weight excluding hydrogens is 411 g/mol. The summed E-state index contributed by atoms with van der Waals surface area (Å²) in [7, 11) is 0. The molecule has 1 aromatic heterocycles. The van der Waals surface area contributed by atoms with E-state index in [-0.39, 0.29) is 24.2 Å². The highest BCUT2D eigenvalue weighted by molar-refractivity contribution is 5.94. The van der Waals surface area contributed by atoms with Gasteiger partial charge in [-0.2, -0.15) is 0 Å². The van der Waals surface area contributed by atoms with E-state index >= 15 is 0 Å². The summed E-state index contributed by atoms with van der Waals surface area (Å²) < 4.78 is 21.7. The first-order chi connectivity index (χ1) is 14.9. The minimum atomic E-state index is -0.888. The first-order valence-corrected chi connectivity index (χ1v) is 10.2. The number of ether oxygens (including phenoxy) is 1. The lowest BCUT2D eigenvalue weighted by Gasteiger charge is -2.30. The van der Waals surface area contributed by atoms with Gasteiger partial charge in [0, 0.05) is 44.3 Å². The molecular formula is C20H25FN4O6. The van der Waals surface area contributed by atoms with Gasteiger partial charge in [-0.25, -0.2) is 9.18 Å². The SMILES string of the molecule is CCn1cc(C(=O)OCCCCO[N+](=O)[O-])c(=O)c2cc(F)c(N3CCNCC3)cc21. The number of halogens is 1. The number of carbonyl (C=O) groups is 1. The van der Waals surface area contributed by atoms with Crippen molar-refractivity contribution in [1.82, 2.24) is 9.88 Å². The molecule has 1 fully saturated rings. The monoisotopic (exact) mass is 436 g/mol. The van der Waals surface area contributed by atoms with Crippen molar-refractivity contribution < 1.29 is 23.8 Å². The fourth-order valence-corrected chi connectivity index (χ4v) is 3.54. The molecule has 1 aliphatic rings. The van der Waals surface area contributed by atoms with Gasteiger partial charge in [0.2, 0.25) is 5.43 Å². The van der Waals surface area contributed by atoms with E-state index in [1.807, 2.05) is 11.8 Å². The number of carbonyl (C=O) groups excluding carboxylic acids is 1. The normalized spacial score (nSPS) is 13.9. The van der Waals surface area contributed by atoms with E-state index in [1.165, 1.54) is 12.3 Å². The number of nitrogens with zero attached hydrogens (tertiary/aromatic N) is 3. The molecule has 0 bridgehead atoms. The number of aromatic nitrogens is 1. The van der Waals surface area contributed by atoms with Gasteiger partial charge in [0.1, 0.15) is 11.4 Å². The van der Waals surface area contributed by atoms with Crippen molar-refractivity contribution in [2.45, 2.75) is 26.3 Å². The zero-order chi connectivity index (χ0) is 22.4. The van der Waals surface area contributed by atoms with Crippen molar-refractivity contribution >= 4 is 22.6 Å². The fourth-order valence-electron chi connectivity index (χ4n) is 3.54. The molecule has 3 rings (SSSR count). The zero-order valence-corrected chi connectivity index (χ0v) is 17.3. The Morgan fingerprint density at radius 1 is 1.26 bits per heavy atom. The summed E-state index contributed by atoms with van der Waals surface area (Å²) >= 11 is 0. The molecule has 0 atom stereocenters. The van der Waals surface area contributed by atoms with Crippen LogP contribution in [0.25, 0.3) is 10.9 Å². The van der Waals surface area contributed by atoms with Gasteiger partial charge in [-0.3, -0.25) is 4.79 Å². The number of anilines is 1. The quantitative estimate of drug-likeness (QED) is 0.273. The van der Waals surface area contributed by atoms with Crippen molar-refractivity contribution in [3.8, 4) is 0 Å². The average molecular weight is 436 g/mol. The van der Waals surface area contributed by atoms with E-state index in [4.69, 9.17) is 4.74 Å². The van der Waals surface area contributed by atoms with Crippen LogP contribution in [-0.2, 0) is 16.1 Å². The number of nitrogens with one attached hydrogen (secondary N) is 1. The molecule has 1 saturated heterocycles. The molecule has 2 aromatic rings. The number of unbranched alkanes of at least 4 members (excludes halogenated alkanes) is 1. The maximum absolute atomic E-state index is 14.8. The number of fused-ring (bicyclic) bond motifs is 1. The molecule has 0 unspecified atom stereocenters. The van der Waals surface area contributed by atoms with Crippen LogP contribution in [0.1, 0.15) is 30.1 Å². The van der Waals surface area contributed by atoms with Gasteiger partial charge in [-0.1, -0.05) is 0 Å². The average Bonchev–Trinajstić information content (AvgIpc) is 2.76. The third kappa shape index (κ3) is 5.29. The van der Waals surface area contributed by atoms with Crippen molar-refractivity contribution in [2.24, 2.45) is 0 Å². The summed E-state index contributed by atoms with van der Waals surface area (Å²) in [5.74, 6) is -1.32. The van der Waals surface area contributed by atoms with E-state index in [9.17, 15) is 24.1 Å². The number of aryl methyl sites for hydroxylation is 1. The van der Waals surface area contributed by atoms with Crippen LogP contribution >= 0.6 is 0 Å². The minimum absolute atomic E-state index is 0.0141. The number of piperazine rings is 1. The Morgan fingerprint density at radius 3 is 2.65 bits per heavy atom. The molecule has 168 valence electrons. The number of rotatable bonds is 9. The van der Waals surface area contributed by atoms with Gasteiger partial charge in [0.25, 0.3) is 5.09 Å². The van der Waals surface area contributed by atoms with E-state index in [2.05, 4.69) is 10.2 Å². The maximum Gasteiger partial charge on any atom is 0.343 e. The Balaban J connectivity index is 1.81. The van der Waals surface area contributed by atoms with Crippen LogP contribution in [0.4, 0.5) is 10.1 Å². The lowest BCUT2D eigenvalue weighted by molar-refractivity contribution is -0.757. The Kier molecular flexibility index (Phi) is 7.40. The minimum Gasteiger partial charge on any atom is -0.462 e. The molecule has 2 heterocycles. The molecule has 10 nitrogen and oxygen atoms in total. The summed E-state index contributed by atoms with van der Waals surface area (Å²) in [6.45, 7) is 5.05. The van der Waals surface area contributed by atoms with Crippen LogP contribution in [0.2, 0.25) is 0 Å². The van der Waals surface area contributed by atoms with E-state index in [0.29, 0.717) is 43.7 Å². The first kappa shape index (κ1) is 22.5. The molecule has 1 aromatic carbocycles. The molecule has 11 heteroatoms. The van der Waals surface area contributed by atoms with Crippen molar-refractivity contribution in [3.63, 3.8) is 0 Å². The van der Waals surface area contributed by atoms with Crippen molar-refractivity contribution in [1.29, 1.82) is 0 Å². The number of esters is 1. The number of benzene rings is 1. The van der Waals surface area contributed by atoms with Crippen molar-refractivity contribution in [3.05, 3.63) is 50.0 Å². The standard InChI is InChI=1S/C20H25FN4O6/c1-2-23-13-15(20(27)30-9-3-4-10-31-25(28)29)19(26)14-11-16(21)18(12-17(14)23)24-7-5-22-6-8-24/h11-13,22H,2-10H2,1H3. The topological polar surface area (TPSA) is 116 Å². The second-order valence-electron chi connectivity index (χ2n) is 7.12.